The summed E-state index contributed by atoms with van der Waals surface area (Å²) < 4.78 is 34.8. The van der Waals surface area contributed by atoms with E-state index in [-0.39, 0.29) is 17.1 Å². The number of hydrogen-bond donors (Lipinski definition) is 0. The van der Waals surface area contributed by atoms with Gasteiger partial charge < -0.3 is 4.74 Å². The third-order valence-electron chi connectivity index (χ3n) is 5.78. The van der Waals surface area contributed by atoms with Crippen molar-refractivity contribution in [2.24, 2.45) is 0 Å². The highest BCUT2D eigenvalue weighted by atomic mass is 32.2. The number of carbonyl (C=O) groups excluding carboxylic acids is 1. The Kier molecular flexibility index (Phi) is 6.28. The van der Waals surface area contributed by atoms with Crippen LogP contribution in [0.2, 0.25) is 0 Å². The number of para-hydroxylation sites is 1. The van der Waals surface area contributed by atoms with Gasteiger partial charge in [-0.3, -0.25) is 4.79 Å². The molecule has 1 fully saturated rings. The monoisotopic (exact) mass is 453 g/mol. The number of Topliss-reactive ketones (excluding diaryl/α,β-unsaturated/α-hetero) is 1. The number of carbonyl (C=O) groups is 1. The van der Waals surface area contributed by atoms with Crippen molar-refractivity contribution in [3.05, 3.63) is 76.6 Å². The maximum atomic E-state index is 13.2. The minimum atomic E-state index is -3.64. The van der Waals surface area contributed by atoms with Crippen molar-refractivity contribution < 1.29 is 17.9 Å². The predicted octanol–water partition coefficient (Wildman–Crippen LogP) is 3.24. The number of rotatable bonds is 6. The van der Waals surface area contributed by atoms with Crippen molar-refractivity contribution in [1.82, 2.24) is 14.1 Å². The minimum absolute atomic E-state index is 0.0826. The van der Waals surface area contributed by atoms with Crippen molar-refractivity contribution in [3.63, 3.8) is 0 Å². The topological polar surface area (TPSA) is 81.5 Å². The number of aryl methyl sites for hydroxylation is 2. The molecule has 1 aromatic heterocycles. The van der Waals surface area contributed by atoms with E-state index in [1.165, 1.54) is 4.31 Å². The van der Waals surface area contributed by atoms with Gasteiger partial charge in [-0.25, -0.2) is 13.1 Å². The Labute approximate surface area is 188 Å². The summed E-state index contributed by atoms with van der Waals surface area (Å²) in [5, 5.41) is 4.56. The molecule has 4 rings (SSSR count). The van der Waals surface area contributed by atoms with Crippen LogP contribution in [0.15, 0.2) is 53.4 Å². The van der Waals surface area contributed by atoms with Crippen LogP contribution in [0.1, 0.15) is 32.9 Å². The number of ether oxygens (including phenoxy) is 1. The SMILES string of the molecule is Cc1ccc(CC(=O)c2c(C)nn(-c3ccccc3)c2C)cc1S(=O)(=O)N1CCOCC1. The van der Waals surface area contributed by atoms with Crippen molar-refractivity contribution in [3.8, 4) is 5.69 Å². The molecule has 8 heteroatoms. The quantitative estimate of drug-likeness (QED) is 0.535. The van der Waals surface area contributed by atoms with Gasteiger partial charge >= 0.3 is 0 Å². The van der Waals surface area contributed by atoms with Crippen LogP contribution in [-0.4, -0.2) is 54.6 Å². The molecule has 0 amide bonds. The van der Waals surface area contributed by atoms with E-state index in [1.807, 2.05) is 50.2 Å². The minimum Gasteiger partial charge on any atom is -0.379 e. The summed E-state index contributed by atoms with van der Waals surface area (Å²) in [6.45, 7) is 6.93. The van der Waals surface area contributed by atoms with E-state index >= 15 is 0 Å². The summed E-state index contributed by atoms with van der Waals surface area (Å²) in [6.07, 6.45) is 0.105. The van der Waals surface area contributed by atoms with E-state index < -0.39 is 10.0 Å². The van der Waals surface area contributed by atoms with Gasteiger partial charge in [0.2, 0.25) is 10.0 Å². The van der Waals surface area contributed by atoms with Gasteiger partial charge in [-0.2, -0.15) is 9.40 Å². The number of aromatic nitrogens is 2. The molecule has 1 saturated heterocycles. The van der Waals surface area contributed by atoms with Gasteiger partial charge in [-0.1, -0.05) is 30.3 Å². The highest BCUT2D eigenvalue weighted by molar-refractivity contribution is 7.89. The van der Waals surface area contributed by atoms with E-state index in [0.29, 0.717) is 48.7 Å². The maximum Gasteiger partial charge on any atom is 0.243 e. The van der Waals surface area contributed by atoms with Gasteiger partial charge in [-0.05, 0) is 50.1 Å². The molecule has 32 heavy (non-hydrogen) atoms. The molecule has 0 spiro atoms. The van der Waals surface area contributed by atoms with Crippen LogP contribution in [-0.2, 0) is 21.2 Å². The molecule has 1 aliphatic rings. The largest absolute Gasteiger partial charge is 0.379 e. The van der Waals surface area contributed by atoms with Crippen LogP contribution in [0.3, 0.4) is 0 Å². The van der Waals surface area contributed by atoms with E-state index in [9.17, 15) is 13.2 Å². The van der Waals surface area contributed by atoms with Crippen LogP contribution < -0.4 is 0 Å². The van der Waals surface area contributed by atoms with E-state index in [4.69, 9.17) is 4.74 Å². The number of ketones is 1. The highest BCUT2D eigenvalue weighted by Crippen LogP contribution is 2.24. The fourth-order valence-electron chi connectivity index (χ4n) is 4.10. The average Bonchev–Trinajstić information content (AvgIpc) is 3.10. The lowest BCUT2D eigenvalue weighted by Crippen LogP contribution is -2.40. The van der Waals surface area contributed by atoms with Crippen LogP contribution in [0, 0.1) is 20.8 Å². The molecular formula is C24H27N3O4S. The highest BCUT2D eigenvalue weighted by Gasteiger charge is 2.28. The predicted molar refractivity (Wildman–Crippen MR) is 122 cm³/mol. The fraction of sp³-hybridized carbons (Fsp3) is 0.333. The molecule has 0 radical (unpaired) electrons. The lowest BCUT2D eigenvalue weighted by atomic mass is 10.0. The summed E-state index contributed by atoms with van der Waals surface area (Å²) in [5.41, 5.74) is 4.22. The average molecular weight is 454 g/mol. The molecule has 0 saturated carbocycles. The van der Waals surface area contributed by atoms with Crippen molar-refractivity contribution in [2.45, 2.75) is 32.1 Å². The molecule has 0 N–H and O–H groups in total. The molecule has 3 aromatic rings. The summed E-state index contributed by atoms with van der Waals surface area (Å²) in [5.74, 6) is -0.0826. The second kappa shape index (κ2) is 8.97. The third kappa shape index (κ3) is 4.26. The first-order valence-electron chi connectivity index (χ1n) is 10.6. The number of sulfonamides is 1. The van der Waals surface area contributed by atoms with Gasteiger partial charge in [0.25, 0.3) is 0 Å². The lowest BCUT2D eigenvalue weighted by molar-refractivity contribution is 0.0730. The van der Waals surface area contributed by atoms with Crippen molar-refractivity contribution in [1.29, 1.82) is 0 Å². The number of morpholine rings is 1. The molecule has 0 aliphatic carbocycles. The fourth-order valence-corrected chi connectivity index (χ4v) is 5.78. The van der Waals surface area contributed by atoms with Crippen LogP contribution in [0.25, 0.3) is 5.69 Å². The molecule has 0 unspecified atom stereocenters. The molecule has 0 atom stereocenters. The Balaban J connectivity index is 1.62. The normalized spacial score (nSPS) is 15.1. The molecule has 168 valence electrons. The van der Waals surface area contributed by atoms with Gasteiger partial charge in [0.15, 0.2) is 5.78 Å². The zero-order valence-electron chi connectivity index (χ0n) is 18.5. The number of nitrogens with zero attached hydrogens (tertiary/aromatic N) is 3. The number of benzene rings is 2. The van der Waals surface area contributed by atoms with E-state index in [1.54, 1.807) is 23.7 Å². The summed E-state index contributed by atoms with van der Waals surface area (Å²) in [4.78, 5) is 13.5. The Morgan fingerprint density at radius 1 is 1.03 bits per heavy atom. The molecule has 2 heterocycles. The summed E-state index contributed by atoms with van der Waals surface area (Å²) >= 11 is 0. The van der Waals surface area contributed by atoms with Gasteiger partial charge in [0.05, 0.1) is 40.7 Å². The van der Waals surface area contributed by atoms with Crippen LogP contribution in [0.4, 0.5) is 0 Å². The number of hydrogen-bond acceptors (Lipinski definition) is 5. The van der Waals surface area contributed by atoms with Crippen molar-refractivity contribution in [2.75, 3.05) is 26.3 Å². The van der Waals surface area contributed by atoms with E-state index in [2.05, 4.69) is 5.10 Å². The second-order valence-corrected chi connectivity index (χ2v) is 9.92. The molecule has 1 aliphatic heterocycles. The zero-order chi connectivity index (χ0) is 22.9. The summed E-state index contributed by atoms with van der Waals surface area (Å²) in [6, 6.07) is 14.9. The lowest BCUT2D eigenvalue weighted by Gasteiger charge is -2.26. The van der Waals surface area contributed by atoms with E-state index in [0.717, 1.165) is 11.4 Å². The third-order valence-corrected chi connectivity index (χ3v) is 7.82. The maximum absolute atomic E-state index is 13.2. The Morgan fingerprint density at radius 2 is 1.72 bits per heavy atom. The molecular weight excluding hydrogens is 426 g/mol. The van der Waals surface area contributed by atoms with Gasteiger partial charge in [0.1, 0.15) is 0 Å². The Hall–Kier alpha value is -2.81. The smallest absolute Gasteiger partial charge is 0.243 e. The Bertz CT molecular complexity index is 1240. The Morgan fingerprint density at radius 3 is 2.41 bits per heavy atom. The van der Waals surface area contributed by atoms with Gasteiger partial charge in [0, 0.05) is 19.5 Å². The molecule has 2 aromatic carbocycles. The first-order chi connectivity index (χ1) is 15.3. The second-order valence-electron chi connectivity index (χ2n) is 8.01. The first kappa shape index (κ1) is 22.4. The first-order valence-corrected chi connectivity index (χ1v) is 12.1. The molecule has 0 bridgehead atoms. The zero-order valence-corrected chi connectivity index (χ0v) is 19.4. The van der Waals surface area contributed by atoms with Crippen LogP contribution in [0.5, 0.6) is 0 Å². The standard InChI is InChI=1S/C24H27N3O4S/c1-17-9-10-20(16-23(17)32(29,30)26-11-13-31-14-12-26)15-22(28)24-18(2)25-27(19(24)3)21-7-5-4-6-8-21/h4-10,16H,11-15H2,1-3H3. The molecule has 7 nitrogen and oxygen atoms in total. The van der Waals surface area contributed by atoms with Crippen LogP contribution >= 0.6 is 0 Å². The van der Waals surface area contributed by atoms with Gasteiger partial charge in [-0.15, -0.1) is 0 Å². The van der Waals surface area contributed by atoms with Crippen molar-refractivity contribution >= 4 is 15.8 Å². The summed E-state index contributed by atoms with van der Waals surface area (Å²) in [7, 11) is -3.64.